The molecule has 1 aromatic heterocycles. The SMILES string of the molecule is CCn1nnc2c1CCC1C(C)C1CC2. The van der Waals surface area contributed by atoms with Crippen molar-refractivity contribution in [3.63, 3.8) is 0 Å². The van der Waals surface area contributed by atoms with Crippen LogP contribution in [0.1, 0.15) is 38.1 Å². The molecule has 0 N–H and O–H groups in total. The largest absolute Gasteiger partial charge is 0.249 e. The molecule has 0 saturated heterocycles. The molecular formula is C12H19N3. The minimum absolute atomic E-state index is 0.964. The van der Waals surface area contributed by atoms with Gasteiger partial charge in [0.05, 0.1) is 11.4 Å². The first-order valence-electron chi connectivity index (χ1n) is 6.22. The summed E-state index contributed by atoms with van der Waals surface area (Å²) < 4.78 is 2.09. The molecule has 3 heteroatoms. The van der Waals surface area contributed by atoms with Gasteiger partial charge < -0.3 is 0 Å². The minimum Gasteiger partial charge on any atom is -0.249 e. The highest BCUT2D eigenvalue weighted by Crippen LogP contribution is 2.52. The third kappa shape index (κ3) is 1.40. The summed E-state index contributed by atoms with van der Waals surface area (Å²) in [7, 11) is 0. The van der Waals surface area contributed by atoms with E-state index < -0.39 is 0 Å². The number of aryl methyl sites for hydroxylation is 2. The Morgan fingerprint density at radius 2 is 2.00 bits per heavy atom. The lowest BCUT2D eigenvalue weighted by Gasteiger charge is -2.09. The van der Waals surface area contributed by atoms with Gasteiger partial charge in [-0.1, -0.05) is 12.1 Å². The normalized spacial score (nSPS) is 33.9. The maximum atomic E-state index is 4.32. The zero-order valence-electron chi connectivity index (χ0n) is 9.61. The van der Waals surface area contributed by atoms with Gasteiger partial charge in [-0.15, -0.1) is 5.10 Å². The summed E-state index contributed by atoms with van der Waals surface area (Å²) in [6.45, 7) is 5.52. The number of rotatable bonds is 1. The fourth-order valence-corrected chi connectivity index (χ4v) is 3.29. The van der Waals surface area contributed by atoms with Gasteiger partial charge >= 0.3 is 0 Å². The van der Waals surface area contributed by atoms with Crippen molar-refractivity contribution in [3.8, 4) is 0 Å². The maximum Gasteiger partial charge on any atom is 0.0859 e. The van der Waals surface area contributed by atoms with Crippen molar-refractivity contribution in [1.82, 2.24) is 15.0 Å². The summed E-state index contributed by atoms with van der Waals surface area (Å²) in [6, 6.07) is 0. The zero-order valence-corrected chi connectivity index (χ0v) is 9.61. The van der Waals surface area contributed by atoms with Crippen LogP contribution >= 0.6 is 0 Å². The molecule has 2 aliphatic carbocycles. The van der Waals surface area contributed by atoms with Crippen LogP contribution in [-0.2, 0) is 19.4 Å². The molecule has 0 aromatic carbocycles. The third-order valence-corrected chi connectivity index (χ3v) is 4.41. The molecule has 0 radical (unpaired) electrons. The first-order valence-corrected chi connectivity index (χ1v) is 6.22. The minimum atomic E-state index is 0.964. The number of fused-ring (bicyclic) bond motifs is 2. The van der Waals surface area contributed by atoms with Gasteiger partial charge in [-0.2, -0.15) is 0 Å². The van der Waals surface area contributed by atoms with Crippen LogP contribution in [-0.4, -0.2) is 15.0 Å². The molecule has 15 heavy (non-hydrogen) atoms. The average Bonchev–Trinajstić information content (AvgIpc) is 2.67. The second kappa shape index (κ2) is 3.32. The quantitative estimate of drug-likeness (QED) is 0.702. The summed E-state index contributed by atoms with van der Waals surface area (Å²) in [4.78, 5) is 0. The summed E-state index contributed by atoms with van der Waals surface area (Å²) in [5, 5.41) is 8.55. The van der Waals surface area contributed by atoms with Gasteiger partial charge in [0.25, 0.3) is 0 Å². The third-order valence-electron chi connectivity index (χ3n) is 4.41. The molecule has 0 amide bonds. The lowest BCUT2D eigenvalue weighted by molar-refractivity contribution is 0.548. The van der Waals surface area contributed by atoms with Gasteiger partial charge in [0.2, 0.25) is 0 Å². The van der Waals surface area contributed by atoms with Gasteiger partial charge in [0, 0.05) is 6.54 Å². The maximum absolute atomic E-state index is 4.32. The van der Waals surface area contributed by atoms with Crippen molar-refractivity contribution >= 4 is 0 Å². The van der Waals surface area contributed by atoms with E-state index in [-0.39, 0.29) is 0 Å². The Kier molecular flexibility index (Phi) is 2.08. The highest BCUT2D eigenvalue weighted by atomic mass is 15.4. The predicted molar refractivity (Wildman–Crippen MR) is 58.5 cm³/mol. The fraction of sp³-hybridized carbons (Fsp3) is 0.833. The number of hydrogen-bond acceptors (Lipinski definition) is 2. The molecule has 3 unspecified atom stereocenters. The van der Waals surface area contributed by atoms with E-state index in [2.05, 4.69) is 28.8 Å². The Bertz CT molecular complexity index is 369. The Balaban J connectivity index is 1.85. The van der Waals surface area contributed by atoms with Gasteiger partial charge in [-0.3, -0.25) is 0 Å². The molecular weight excluding hydrogens is 186 g/mol. The Morgan fingerprint density at radius 3 is 2.73 bits per heavy atom. The van der Waals surface area contributed by atoms with Crippen molar-refractivity contribution in [2.24, 2.45) is 17.8 Å². The van der Waals surface area contributed by atoms with Crippen LogP contribution in [0.5, 0.6) is 0 Å². The molecule has 1 heterocycles. The van der Waals surface area contributed by atoms with E-state index in [0.717, 1.165) is 30.7 Å². The molecule has 1 saturated carbocycles. The highest BCUT2D eigenvalue weighted by molar-refractivity contribution is 5.14. The van der Waals surface area contributed by atoms with Crippen LogP contribution in [0.2, 0.25) is 0 Å². The topological polar surface area (TPSA) is 30.7 Å². The number of nitrogens with zero attached hydrogens (tertiary/aromatic N) is 3. The van der Waals surface area contributed by atoms with Crippen molar-refractivity contribution in [2.75, 3.05) is 0 Å². The monoisotopic (exact) mass is 205 g/mol. The Labute approximate surface area is 90.9 Å². The van der Waals surface area contributed by atoms with Crippen LogP contribution in [0.4, 0.5) is 0 Å². The summed E-state index contributed by atoms with van der Waals surface area (Å²) in [5.41, 5.74) is 2.68. The lowest BCUT2D eigenvalue weighted by atomic mass is 10.0. The standard InChI is InChI=1S/C12H19N3/c1-3-15-12-7-5-10-8(2)9(10)4-6-11(12)13-14-15/h8-10H,3-7H2,1-2H3. The molecule has 3 rings (SSSR count). The van der Waals surface area contributed by atoms with Gasteiger partial charge in [0.1, 0.15) is 0 Å². The van der Waals surface area contributed by atoms with Crippen molar-refractivity contribution in [1.29, 1.82) is 0 Å². The molecule has 1 aromatic rings. The summed E-state index contributed by atoms with van der Waals surface area (Å²) >= 11 is 0. The number of aromatic nitrogens is 3. The summed E-state index contributed by atoms with van der Waals surface area (Å²) in [6.07, 6.45) is 5.04. The predicted octanol–water partition coefficient (Wildman–Crippen LogP) is 2.06. The van der Waals surface area contributed by atoms with Gasteiger partial charge in [0.15, 0.2) is 0 Å². The van der Waals surface area contributed by atoms with E-state index in [1.807, 2.05) is 0 Å². The van der Waals surface area contributed by atoms with Gasteiger partial charge in [-0.25, -0.2) is 4.68 Å². The molecule has 2 aliphatic rings. The number of hydrogen-bond donors (Lipinski definition) is 0. The zero-order chi connectivity index (χ0) is 10.4. The van der Waals surface area contributed by atoms with Crippen LogP contribution in [0, 0.1) is 17.8 Å². The van der Waals surface area contributed by atoms with Gasteiger partial charge in [-0.05, 0) is 50.4 Å². The Morgan fingerprint density at radius 1 is 1.27 bits per heavy atom. The van der Waals surface area contributed by atoms with Crippen LogP contribution in [0.15, 0.2) is 0 Å². The second-order valence-corrected chi connectivity index (χ2v) is 5.06. The van der Waals surface area contributed by atoms with Crippen molar-refractivity contribution in [3.05, 3.63) is 11.4 Å². The highest BCUT2D eigenvalue weighted by Gasteiger charge is 2.46. The molecule has 0 spiro atoms. The lowest BCUT2D eigenvalue weighted by Crippen LogP contribution is -2.07. The van der Waals surface area contributed by atoms with Crippen molar-refractivity contribution < 1.29 is 0 Å². The van der Waals surface area contributed by atoms with Crippen LogP contribution in [0.3, 0.4) is 0 Å². The molecule has 1 fully saturated rings. The van der Waals surface area contributed by atoms with Crippen molar-refractivity contribution in [2.45, 2.75) is 46.1 Å². The van der Waals surface area contributed by atoms with E-state index in [1.54, 1.807) is 0 Å². The second-order valence-electron chi connectivity index (χ2n) is 5.06. The molecule has 82 valence electrons. The van der Waals surface area contributed by atoms with E-state index in [9.17, 15) is 0 Å². The van der Waals surface area contributed by atoms with E-state index in [4.69, 9.17) is 0 Å². The Hall–Kier alpha value is -0.860. The molecule has 0 bridgehead atoms. The van der Waals surface area contributed by atoms with E-state index >= 15 is 0 Å². The van der Waals surface area contributed by atoms with E-state index in [1.165, 1.54) is 30.7 Å². The average molecular weight is 205 g/mol. The molecule has 3 atom stereocenters. The summed E-state index contributed by atoms with van der Waals surface area (Å²) in [5.74, 6) is 2.96. The smallest absolute Gasteiger partial charge is 0.0859 e. The van der Waals surface area contributed by atoms with Crippen LogP contribution < -0.4 is 0 Å². The first kappa shape index (κ1) is 9.37. The first-order chi connectivity index (χ1) is 7.31. The van der Waals surface area contributed by atoms with Crippen LogP contribution in [0.25, 0.3) is 0 Å². The van der Waals surface area contributed by atoms with E-state index in [0.29, 0.717) is 0 Å². The molecule has 3 nitrogen and oxygen atoms in total. The molecule has 0 aliphatic heterocycles. The fourth-order valence-electron chi connectivity index (χ4n) is 3.29.